The van der Waals surface area contributed by atoms with Crippen LogP contribution in [0.1, 0.15) is 26.3 Å². The van der Waals surface area contributed by atoms with Crippen molar-refractivity contribution in [3.05, 3.63) is 64.2 Å². The number of thiocarbonyl (C=S) groups is 1. The quantitative estimate of drug-likeness (QED) is 0.375. The molecule has 0 aromatic heterocycles. The van der Waals surface area contributed by atoms with Crippen LogP contribution in [-0.4, -0.2) is 36.6 Å². The molecule has 0 saturated heterocycles. The molecule has 0 aliphatic carbocycles. The van der Waals surface area contributed by atoms with E-state index >= 15 is 0 Å². The number of hydrogen-bond donors (Lipinski definition) is 3. The fraction of sp³-hybridized carbons (Fsp3) is 0.158. The van der Waals surface area contributed by atoms with Gasteiger partial charge in [0.25, 0.3) is 11.8 Å². The highest BCUT2D eigenvalue weighted by Gasteiger charge is 2.11. The van der Waals surface area contributed by atoms with Crippen molar-refractivity contribution in [2.24, 2.45) is 0 Å². The average molecular weight is 436 g/mol. The number of benzene rings is 2. The van der Waals surface area contributed by atoms with Crippen molar-refractivity contribution >= 4 is 46.7 Å². The number of aryl methyl sites for hydroxylation is 1. The zero-order valence-corrected chi connectivity index (χ0v) is 17.1. The van der Waals surface area contributed by atoms with Crippen molar-refractivity contribution in [3.63, 3.8) is 0 Å². The monoisotopic (exact) mass is 435 g/mol. The highest BCUT2D eigenvalue weighted by Crippen LogP contribution is 2.20. The first kappa shape index (κ1) is 22.1. The predicted molar refractivity (Wildman–Crippen MR) is 111 cm³/mol. The molecule has 10 heteroatoms. The Kier molecular flexibility index (Phi) is 7.93. The van der Waals surface area contributed by atoms with Crippen molar-refractivity contribution < 1.29 is 23.9 Å². The highest BCUT2D eigenvalue weighted by molar-refractivity contribution is 7.80. The lowest BCUT2D eigenvalue weighted by atomic mass is 10.1. The second kappa shape index (κ2) is 10.4. The second-order valence-corrected chi connectivity index (χ2v) is 6.54. The summed E-state index contributed by atoms with van der Waals surface area (Å²) in [6.07, 6.45) is 0. The summed E-state index contributed by atoms with van der Waals surface area (Å²) in [5.41, 5.74) is 6.12. The molecule has 0 bridgehead atoms. The van der Waals surface area contributed by atoms with Crippen LogP contribution in [0.3, 0.4) is 0 Å². The number of methoxy groups -OCH3 is 1. The largest absolute Gasteiger partial charge is 0.484 e. The summed E-state index contributed by atoms with van der Waals surface area (Å²) in [5.74, 6) is -1.03. The van der Waals surface area contributed by atoms with E-state index in [2.05, 4.69) is 20.9 Å². The van der Waals surface area contributed by atoms with Crippen LogP contribution >= 0.6 is 23.8 Å². The molecule has 2 amide bonds. The lowest BCUT2D eigenvalue weighted by Crippen LogP contribution is -2.49. The maximum atomic E-state index is 12.1. The number of nitrogens with one attached hydrogen (secondary N) is 3. The Hall–Kier alpha value is -3.17. The fourth-order valence-corrected chi connectivity index (χ4v) is 2.36. The first-order chi connectivity index (χ1) is 13.8. The summed E-state index contributed by atoms with van der Waals surface area (Å²) in [4.78, 5) is 35.3. The van der Waals surface area contributed by atoms with Crippen LogP contribution in [0.2, 0.25) is 5.02 Å². The van der Waals surface area contributed by atoms with Gasteiger partial charge in [0.2, 0.25) is 0 Å². The van der Waals surface area contributed by atoms with Gasteiger partial charge in [0.15, 0.2) is 11.7 Å². The van der Waals surface area contributed by atoms with E-state index in [1.54, 1.807) is 18.2 Å². The number of ether oxygens (including phenoxy) is 2. The van der Waals surface area contributed by atoms with Crippen LogP contribution in [0.5, 0.6) is 5.75 Å². The molecule has 29 heavy (non-hydrogen) atoms. The first-order valence-corrected chi connectivity index (χ1v) is 9.06. The zero-order valence-electron chi connectivity index (χ0n) is 15.6. The number of esters is 1. The molecule has 2 aromatic carbocycles. The zero-order chi connectivity index (χ0) is 21.4. The molecular formula is C19H18ClN3O5S. The van der Waals surface area contributed by atoms with E-state index in [0.29, 0.717) is 16.3 Å². The summed E-state index contributed by atoms with van der Waals surface area (Å²) >= 11 is 10.9. The van der Waals surface area contributed by atoms with Gasteiger partial charge in [0.05, 0.1) is 12.7 Å². The average Bonchev–Trinajstić information content (AvgIpc) is 2.72. The molecule has 2 rings (SSSR count). The van der Waals surface area contributed by atoms with Gasteiger partial charge in [0.1, 0.15) is 5.75 Å². The van der Waals surface area contributed by atoms with E-state index < -0.39 is 17.8 Å². The molecule has 0 unspecified atom stereocenters. The van der Waals surface area contributed by atoms with Crippen LogP contribution in [0.4, 0.5) is 0 Å². The molecule has 0 saturated carbocycles. The first-order valence-electron chi connectivity index (χ1n) is 8.27. The van der Waals surface area contributed by atoms with Crippen LogP contribution in [-0.2, 0) is 9.53 Å². The van der Waals surface area contributed by atoms with Crippen molar-refractivity contribution in [2.75, 3.05) is 13.7 Å². The van der Waals surface area contributed by atoms with E-state index in [4.69, 9.17) is 28.6 Å². The normalized spacial score (nSPS) is 9.90. The van der Waals surface area contributed by atoms with Gasteiger partial charge < -0.3 is 9.47 Å². The number of halogens is 1. The molecule has 0 aliphatic heterocycles. The summed E-state index contributed by atoms with van der Waals surface area (Å²) in [6.45, 7) is 1.56. The second-order valence-electron chi connectivity index (χ2n) is 5.73. The minimum atomic E-state index is -0.513. The molecule has 0 fully saturated rings. The van der Waals surface area contributed by atoms with Crippen molar-refractivity contribution in [2.45, 2.75) is 6.92 Å². The molecule has 0 atom stereocenters. The summed E-state index contributed by atoms with van der Waals surface area (Å²) in [7, 11) is 1.27. The Morgan fingerprint density at radius 3 is 2.31 bits per heavy atom. The molecule has 0 spiro atoms. The molecule has 0 aliphatic rings. The number of hydrogen-bond acceptors (Lipinski definition) is 6. The molecule has 8 nitrogen and oxygen atoms in total. The van der Waals surface area contributed by atoms with E-state index in [0.717, 1.165) is 5.56 Å². The van der Waals surface area contributed by atoms with Crippen LogP contribution in [0.25, 0.3) is 0 Å². The van der Waals surface area contributed by atoms with E-state index in [1.807, 2.05) is 6.92 Å². The van der Waals surface area contributed by atoms with Gasteiger partial charge in [-0.05, 0) is 67.2 Å². The minimum absolute atomic E-state index is 0.109. The number of carbonyl (C=O) groups is 3. The highest BCUT2D eigenvalue weighted by atomic mass is 35.5. The van der Waals surface area contributed by atoms with Gasteiger partial charge in [-0.15, -0.1) is 0 Å². The lowest BCUT2D eigenvalue weighted by molar-refractivity contribution is -0.123. The maximum Gasteiger partial charge on any atom is 0.337 e. The molecule has 2 aromatic rings. The van der Waals surface area contributed by atoms with Gasteiger partial charge >= 0.3 is 5.97 Å². The van der Waals surface area contributed by atoms with Gasteiger partial charge in [-0.1, -0.05) is 11.6 Å². The Bertz CT molecular complexity index is 934. The van der Waals surface area contributed by atoms with E-state index in [9.17, 15) is 14.4 Å². The van der Waals surface area contributed by atoms with E-state index in [-0.39, 0.29) is 17.3 Å². The third kappa shape index (κ3) is 6.74. The Balaban J connectivity index is 1.76. The van der Waals surface area contributed by atoms with Crippen molar-refractivity contribution in [1.29, 1.82) is 0 Å². The third-order valence-corrected chi connectivity index (χ3v) is 4.24. The van der Waals surface area contributed by atoms with Gasteiger partial charge in [-0.25, -0.2) is 4.79 Å². The van der Waals surface area contributed by atoms with Crippen molar-refractivity contribution in [1.82, 2.24) is 16.2 Å². The number of amides is 2. The van der Waals surface area contributed by atoms with Gasteiger partial charge in [-0.2, -0.15) is 0 Å². The van der Waals surface area contributed by atoms with Gasteiger partial charge in [-0.3, -0.25) is 25.8 Å². The summed E-state index contributed by atoms with van der Waals surface area (Å²) in [5, 5.41) is 2.89. The fourth-order valence-electron chi connectivity index (χ4n) is 2.10. The smallest absolute Gasteiger partial charge is 0.337 e. The van der Waals surface area contributed by atoms with Crippen LogP contribution in [0.15, 0.2) is 42.5 Å². The maximum absolute atomic E-state index is 12.1. The number of hydrazine groups is 1. The summed E-state index contributed by atoms with van der Waals surface area (Å²) in [6, 6.07) is 10.8. The Morgan fingerprint density at radius 1 is 1.03 bits per heavy atom. The summed E-state index contributed by atoms with van der Waals surface area (Å²) < 4.78 is 9.94. The SMILES string of the molecule is COC(=O)c1ccc(C(=O)NC(=S)NNC(=O)COc2ccc(Cl)c(C)c2)cc1. The molecular weight excluding hydrogens is 418 g/mol. The van der Waals surface area contributed by atoms with Crippen molar-refractivity contribution in [3.8, 4) is 5.75 Å². The number of carbonyl (C=O) groups excluding carboxylic acids is 3. The standard InChI is InChI=1S/C19H18ClN3O5S/c1-11-9-14(7-8-15(11)20)28-10-16(24)22-23-19(29)21-17(25)12-3-5-13(6-4-12)18(26)27-2/h3-9H,10H2,1-2H3,(H,22,24)(H2,21,23,25,29). The third-order valence-electron chi connectivity index (χ3n) is 3.61. The van der Waals surface area contributed by atoms with Gasteiger partial charge in [0, 0.05) is 10.6 Å². The lowest BCUT2D eigenvalue weighted by Gasteiger charge is -2.12. The predicted octanol–water partition coefficient (Wildman–Crippen LogP) is 2.15. The van der Waals surface area contributed by atoms with E-state index in [1.165, 1.54) is 31.4 Å². The van der Waals surface area contributed by atoms with Crippen LogP contribution in [0, 0.1) is 6.92 Å². The molecule has 0 heterocycles. The topological polar surface area (TPSA) is 106 Å². The molecule has 3 N–H and O–H groups in total. The molecule has 152 valence electrons. The number of rotatable bonds is 5. The Labute approximate surface area is 177 Å². The minimum Gasteiger partial charge on any atom is -0.484 e. The Morgan fingerprint density at radius 2 is 1.69 bits per heavy atom. The van der Waals surface area contributed by atoms with Crippen LogP contribution < -0.4 is 20.9 Å². The molecule has 0 radical (unpaired) electrons.